The van der Waals surface area contributed by atoms with Crippen LogP contribution in [-0.2, 0) is 13.0 Å². The molecule has 0 spiro atoms. The van der Waals surface area contributed by atoms with Crippen molar-refractivity contribution in [2.45, 2.75) is 13.0 Å². The summed E-state index contributed by atoms with van der Waals surface area (Å²) in [4.78, 5) is 29.1. The Kier molecular flexibility index (Phi) is 3.23. The smallest absolute Gasteiger partial charge is 0.348 e. The number of aromatic nitrogens is 1. The van der Waals surface area contributed by atoms with E-state index in [0.29, 0.717) is 13.1 Å². The van der Waals surface area contributed by atoms with Gasteiger partial charge >= 0.3 is 5.97 Å². The van der Waals surface area contributed by atoms with E-state index < -0.39 is 5.97 Å². The first-order valence-corrected chi connectivity index (χ1v) is 7.07. The van der Waals surface area contributed by atoms with E-state index >= 15 is 0 Å². The summed E-state index contributed by atoms with van der Waals surface area (Å²) >= 11 is 0.977. The lowest BCUT2D eigenvalue weighted by atomic mass is 10.00. The molecule has 0 atom stereocenters. The maximum Gasteiger partial charge on any atom is 0.348 e. The van der Waals surface area contributed by atoms with E-state index in [0.717, 1.165) is 23.3 Å². The van der Waals surface area contributed by atoms with Gasteiger partial charge in [-0.2, -0.15) is 0 Å². The Labute approximate surface area is 119 Å². The number of carboxylic acid groups (broad SMARTS) is 1. The number of hydrogen-bond acceptors (Lipinski definition) is 4. The van der Waals surface area contributed by atoms with Crippen LogP contribution in [0.15, 0.2) is 29.8 Å². The Morgan fingerprint density at radius 1 is 1.25 bits per heavy atom. The maximum atomic E-state index is 12.4. The Bertz CT molecular complexity index is 681. The number of carbonyl (C=O) groups is 2. The number of hydrogen-bond donors (Lipinski definition) is 1. The first-order valence-electron chi connectivity index (χ1n) is 6.19. The van der Waals surface area contributed by atoms with Crippen molar-refractivity contribution in [1.82, 2.24) is 9.88 Å². The van der Waals surface area contributed by atoms with Gasteiger partial charge in [0.05, 0.1) is 5.51 Å². The molecule has 2 aromatic rings. The number of carbonyl (C=O) groups excluding carboxylic acids is 1. The van der Waals surface area contributed by atoms with E-state index in [-0.39, 0.29) is 16.5 Å². The van der Waals surface area contributed by atoms with Crippen LogP contribution < -0.4 is 0 Å². The quantitative estimate of drug-likeness (QED) is 0.918. The van der Waals surface area contributed by atoms with Gasteiger partial charge in [0.2, 0.25) is 0 Å². The summed E-state index contributed by atoms with van der Waals surface area (Å²) in [6.45, 7) is 1.10. The summed E-state index contributed by atoms with van der Waals surface area (Å²) < 4.78 is 0. The molecule has 0 saturated heterocycles. The largest absolute Gasteiger partial charge is 0.477 e. The van der Waals surface area contributed by atoms with Crippen LogP contribution in [0.3, 0.4) is 0 Å². The number of amides is 1. The Morgan fingerprint density at radius 2 is 2.00 bits per heavy atom. The number of fused-ring (bicyclic) bond motifs is 1. The van der Waals surface area contributed by atoms with Gasteiger partial charge in [-0.15, -0.1) is 11.3 Å². The van der Waals surface area contributed by atoms with Gasteiger partial charge in [0.15, 0.2) is 5.69 Å². The molecule has 1 aliphatic heterocycles. The van der Waals surface area contributed by atoms with E-state index in [4.69, 9.17) is 5.11 Å². The lowest BCUT2D eigenvalue weighted by Crippen LogP contribution is -2.36. The third kappa shape index (κ3) is 2.18. The second-order valence-electron chi connectivity index (χ2n) is 4.58. The van der Waals surface area contributed by atoms with Gasteiger partial charge in [0, 0.05) is 13.1 Å². The van der Waals surface area contributed by atoms with E-state index in [9.17, 15) is 9.59 Å². The average molecular weight is 288 g/mol. The van der Waals surface area contributed by atoms with Gasteiger partial charge in [-0.25, -0.2) is 9.78 Å². The van der Waals surface area contributed by atoms with Crippen molar-refractivity contribution < 1.29 is 14.7 Å². The predicted molar refractivity (Wildman–Crippen MR) is 74.0 cm³/mol. The van der Waals surface area contributed by atoms with Crippen molar-refractivity contribution in [1.29, 1.82) is 0 Å². The van der Waals surface area contributed by atoms with Crippen molar-refractivity contribution in [2.24, 2.45) is 0 Å². The van der Waals surface area contributed by atoms with Gasteiger partial charge in [0.25, 0.3) is 5.91 Å². The van der Waals surface area contributed by atoms with Crippen molar-refractivity contribution in [3.8, 4) is 0 Å². The van der Waals surface area contributed by atoms with Gasteiger partial charge in [-0.05, 0) is 17.5 Å². The molecular weight excluding hydrogens is 276 g/mol. The van der Waals surface area contributed by atoms with Crippen LogP contribution in [0, 0.1) is 0 Å². The monoisotopic (exact) mass is 288 g/mol. The van der Waals surface area contributed by atoms with Crippen LogP contribution in [-0.4, -0.2) is 33.4 Å². The molecule has 20 heavy (non-hydrogen) atoms. The zero-order chi connectivity index (χ0) is 14.1. The van der Waals surface area contributed by atoms with Crippen LogP contribution in [0.5, 0.6) is 0 Å². The summed E-state index contributed by atoms with van der Waals surface area (Å²) in [6.07, 6.45) is 0.786. The second kappa shape index (κ2) is 5.05. The molecule has 0 fully saturated rings. The van der Waals surface area contributed by atoms with Crippen molar-refractivity contribution in [3.05, 3.63) is 51.5 Å². The van der Waals surface area contributed by atoms with Crippen LogP contribution in [0.4, 0.5) is 0 Å². The molecule has 1 aliphatic rings. The minimum absolute atomic E-state index is 0.00820. The van der Waals surface area contributed by atoms with E-state index in [1.165, 1.54) is 11.1 Å². The van der Waals surface area contributed by atoms with Crippen molar-refractivity contribution >= 4 is 23.2 Å². The van der Waals surface area contributed by atoms with Crippen LogP contribution in [0.25, 0.3) is 0 Å². The van der Waals surface area contributed by atoms with Crippen LogP contribution >= 0.6 is 11.3 Å². The molecule has 0 bridgehead atoms. The molecule has 5 nitrogen and oxygen atoms in total. The molecule has 0 saturated carbocycles. The number of thiazole rings is 1. The lowest BCUT2D eigenvalue weighted by Gasteiger charge is -2.28. The molecule has 0 unspecified atom stereocenters. The van der Waals surface area contributed by atoms with E-state index in [2.05, 4.69) is 11.1 Å². The predicted octanol–water partition coefficient (Wildman–Crippen LogP) is 2.04. The topological polar surface area (TPSA) is 70.5 Å². The summed E-state index contributed by atoms with van der Waals surface area (Å²) in [7, 11) is 0. The minimum Gasteiger partial charge on any atom is -0.477 e. The van der Waals surface area contributed by atoms with Gasteiger partial charge < -0.3 is 10.0 Å². The van der Waals surface area contributed by atoms with Crippen molar-refractivity contribution in [3.63, 3.8) is 0 Å². The van der Waals surface area contributed by atoms with Gasteiger partial charge in [-0.3, -0.25) is 4.79 Å². The van der Waals surface area contributed by atoms with E-state index in [1.54, 1.807) is 4.90 Å². The Morgan fingerprint density at radius 3 is 2.75 bits per heavy atom. The minimum atomic E-state index is -1.10. The standard InChI is InChI=1S/C14H12N2O3S/c17-13(11-12(14(18)19)20-8-15-11)16-6-5-9-3-1-2-4-10(9)7-16/h1-4,8H,5-7H2,(H,18,19). The molecule has 1 aromatic heterocycles. The lowest BCUT2D eigenvalue weighted by molar-refractivity contribution is 0.0672. The molecule has 0 aliphatic carbocycles. The molecule has 1 amide bonds. The number of aromatic carboxylic acids is 1. The van der Waals surface area contributed by atoms with Gasteiger partial charge in [-0.1, -0.05) is 24.3 Å². The number of carboxylic acids is 1. The highest BCUT2D eigenvalue weighted by Gasteiger charge is 2.27. The first-order chi connectivity index (χ1) is 9.66. The summed E-state index contributed by atoms with van der Waals surface area (Å²) in [5, 5.41) is 9.06. The van der Waals surface area contributed by atoms with E-state index in [1.807, 2.05) is 18.2 Å². The maximum absolute atomic E-state index is 12.4. The summed E-state index contributed by atoms with van der Waals surface area (Å²) in [5.41, 5.74) is 3.79. The normalized spacial score (nSPS) is 13.9. The molecule has 2 heterocycles. The Hall–Kier alpha value is -2.21. The highest BCUT2D eigenvalue weighted by atomic mass is 32.1. The van der Waals surface area contributed by atoms with Crippen molar-refractivity contribution in [2.75, 3.05) is 6.54 Å². The number of rotatable bonds is 2. The zero-order valence-corrected chi connectivity index (χ0v) is 11.4. The fourth-order valence-electron chi connectivity index (χ4n) is 2.37. The first kappa shape index (κ1) is 12.8. The fraction of sp³-hybridized carbons (Fsp3) is 0.214. The molecular formula is C14H12N2O3S. The highest BCUT2D eigenvalue weighted by molar-refractivity contribution is 7.12. The molecule has 3 rings (SSSR count). The summed E-state index contributed by atoms with van der Waals surface area (Å²) in [5.74, 6) is -1.41. The van der Waals surface area contributed by atoms with Gasteiger partial charge in [0.1, 0.15) is 4.88 Å². The molecule has 6 heteroatoms. The number of benzene rings is 1. The number of nitrogens with zero attached hydrogens (tertiary/aromatic N) is 2. The third-order valence-electron chi connectivity index (χ3n) is 3.38. The molecule has 1 N–H and O–H groups in total. The zero-order valence-electron chi connectivity index (χ0n) is 10.6. The highest BCUT2D eigenvalue weighted by Crippen LogP contribution is 2.22. The molecule has 1 aromatic carbocycles. The fourth-order valence-corrected chi connectivity index (χ4v) is 2.99. The SMILES string of the molecule is O=C(O)c1scnc1C(=O)N1CCc2ccccc2C1. The molecule has 102 valence electrons. The van der Waals surface area contributed by atoms with Crippen LogP contribution in [0.1, 0.15) is 31.3 Å². The van der Waals surface area contributed by atoms with Crippen LogP contribution in [0.2, 0.25) is 0 Å². The third-order valence-corrected chi connectivity index (χ3v) is 4.20. The summed E-state index contributed by atoms with van der Waals surface area (Å²) in [6, 6.07) is 7.98. The molecule has 0 radical (unpaired) electrons. The average Bonchev–Trinajstić information content (AvgIpc) is 2.95. The second-order valence-corrected chi connectivity index (χ2v) is 5.44. The Balaban J connectivity index is 1.86.